The molecule has 21 heavy (non-hydrogen) atoms. The fraction of sp³-hybridized carbons (Fsp3) is 0.647. The van der Waals surface area contributed by atoms with E-state index in [1.165, 1.54) is 6.07 Å². The second kappa shape index (κ2) is 9.13. The second-order valence-electron chi connectivity index (χ2n) is 5.48. The largest absolute Gasteiger partial charge is 0.389 e. The maximum atomic E-state index is 13.4. The van der Waals surface area contributed by atoms with E-state index < -0.39 is 6.10 Å². The van der Waals surface area contributed by atoms with E-state index in [9.17, 15) is 9.50 Å². The zero-order valence-electron chi connectivity index (χ0n) is 13.4. The van der Waals surface area contributed by atoms with Gasteiger partial charge >= 0.3 is 0 Å². The van der Waals surface area contributed by atoms with E-state index in [0.717, 1.165) is 19.3 Å². The molecule has 1 rings (SSSR count). The van der Waals surface area contributed by atoms with Crippen LogP contribution in [0.1, 0.15) is 45.6 Å². The van der Waals surface area contributed by atoms with Crippen LogP contribution in [0, 0.1) is 5.82 Å². The number of benzene rings is 1. The van der Waals surface area contributed by atoms with Crippen molar-refractivity contribution in [3.63, 3.8) is 0 Å². The number of aliphatic hydroxyl groups excluding tert-OH is 1. The molecule has 0 bridgehead atoms. The molecule has 2 N–H and O–H groups in total. The van der Waals surface area contributed by atoms with Crippen molar-refractivity contribution in [2.75, 3.05) is 13.2 Å². The van der Waals surface area contributed by atoms with Crippen LogP contribution in [-0.2, 0) is 11.3 Å². The van der Waals surface area contributed by atoms with Gasteiger partial charge < -0.3 is 15.2 Å². The minimum atomic E-state index is -0.583. The lowest BCUT2D eigenvalue weighted by Crippen LogP contribution is -2.47. The van der Waals surface area contributed by atoms with Crippen molar-refractivity contribution in [1.29, 1.82) is 0 Å². The second-order valence-corrected chi connectivity index (χ2v) is 5.48. The number of nitrogens with one attached hydrogen (secondary N) is 1. The van der Waals surface area contributed by atoms with E-state index >= 15 is 0 Å². The number of β-amino-alcohol motifs (C(OH)–C–C–N with tert-alkyl or cyclic N) is 1. The Bertz CT molecular complexity index is 399. The number of aliphatic hydroxyl groups is 1. The summed E-state index contributed by atoms with van der Waals surface area (Å²) in [6, 6.07) is 6.53. The summed E-state index contributed by atoms with van der Waals surface area (Å²) in [5, 5.41) is 13.4. The van der Waals surface area contributed by atoms with Crippen LogP contribution in [0.25, 0.3) is 0 Å². The van der Waals surface area contributed by atoms with Crippen molar-refractivity contribution in [3.8, 4) is 0 Å². The van der Waals surface area contributed by atoms with Gasteiger partial charge in [-0.3, -0.25) is 0 Å². The first kappa shape index (κ1) is 18.1. The summed E-state index contributed by atoms with van der Waals surface area (Å²) in [5.74, 6) is -0.271. The molecule has 1 unspecified atom stereocenters. The normalized spacial score (nSPS) is 13.4. The topological polar surface area (TPSA) is 41.5 Å². The van der Waals surface area contributed by atoms with Crippen molar-refractivity contribution in [2.24, 2.45) is 0 Å². The van der Waals surface area contributed by atoms with E-state index in [-0.39, 0.29) is 24.6 Å². The fourth-order valence-electron chi connectivity index (χ4n) is 2.44. The third kappa shape index (κ3) is 5.73. The summed E-state index contributed by atoms with van der Waals surface area (Å²) in [6.07, 6.45) is 2.51. The Hall–Kier alpha value is -0.970. The predicted octanol–water partition coefficient (Wildman–Crippen LogP) is 3.26. The van der Waals surface area contributed by atoms with E-state index in [2.05, 4.69) is 26.1 Å². The highest BCUT2D eigenvalue weighted by Crippen LogP contribution is 2.19. The van der Waals surface area contributed by atoms with Gasteiger partial charge in [0.1, 0.15) is 5.82 Å². The fourth-order valence-corrected chi connectivity index (χ4v) is 2.44. The zero-order chi connectivity index (χ0) is 15.7. The number of ether oxygens (including phenoxy) is 1. The quantitative estimate of drug-likeness (QED) is 0.696. The van der Waals surface area contributed by atoms with Crippen LogP contribution in [-0.4, -0.2) is 29.9 Å². The highest BCUT2D eigenvalue weighted by molar-refractivity contribution is 5.16. The zero-order valence-corrected chi connectivity index (χ0v) is 13.4. The van der Waals surface area contributed by atoms with Crippen molar-refractivity contribution < 1.29 is 14.2 Å². The molecular formula is C17H28FNO2. The van der Waals surface area contributed by atoms with Crippen LogP contribution < -0.4 is 5.32 Å². The van der Waals surface area contributed by atoms with Gasteiger partial charge in [-0.25, -0.2) is 4.39 Å². The molecule has 1 aromatic carbocycles. The van der Waals surface area contributed by atoms with E-state index in [1.807, 2.05) is 0 Å². The molecule has 0 aliphatic rings. The maximum Gasteiger partial charge on any atom is 0.128 e. The molecule has 0 radical (unpaired) electrons. The van der Waals surface area contributed by atoms with E-state index in [1.54, 1.807) is 18.2 Å². The minimum Gasteiger partial charge on any atom is -0.389 e. The molecule has 0 amide bonds. The van der Waals surface area contributed by atoms with Crippen LogP contribution in [0.4, 0.5) is 4.39 Å². The molecule has 0 aromatic heterocycles. The summed E-state index contributed by atoms with van der Waals surface area (Å²) >= 11 is 0. The van der Waals surface area contributed by atoms with Crippen LogP contribution >= 0.6 is 0 Å². The summed E-state index contributed by atoms with van der Waals surface area (Å²) in [4.78, 5) is 0. The molecule has 0 aliphatic heterocycles. The first-order valence-corrected chi connectivity index (χ1v) is 7.81. The molecule has 0 spiro atoms. The Kier molecular flexibility index (Phi) is 7.86. The summed E-state index contributed by atoms with van der Waals surface area (Å²) < 4.78 is 18.8. The van der Waals surface area contributed by atoms with Crippen molar-refractivity contribution in [2.45, 2.75) is 58.3 Å². The average molecular weight is 297 g/mol. The molecule has 0 saturated heterocycles. The highest BCUT2D eigenvalue weighted by atomic mass is 19.1. The SMILES string of the molecule is CCC(CC)(CC)NCC(O)COCc1ccccc1F. The summed E-state index contributed by atoms with van der Waals surface area (Å²) in [6.45, 7) is 7.34. The van der Waals surface area contributed by atoms with Gasteiger partial charge in [0, 0.05) is 17.6 Å². The predicted molar refractivity (Wildman–Crippen MR) is 83.7 cm³/mol. The molecule has 1 aromatic rings. The Labute approximate surface area is 127 Å². The van der Waals surface area contributed by atoms with Crippen molar-refractivity contribution in [3.05, 3.63) is 35.6 Å². The molecule has 0 aliphatic carbocycles. The van der Waals surface area contributed by atoms with Gasteiger partial charge in [0.25, 0.3) is 0 Å². The van der Waals surface area contributed by atoms with E-state index in [0.29, 0.717) is 12.1 Å². The first-order valence-electron chi connectivity index (χ1n) is 7.81. The first-order chi connectivity index (χ1) is 10.1. The van der Waals surface area contributed by atoms with Gasteiger partial charge in [-0.2, -0.15) is 0 Å². The van der Waals surface area contributed by atoms with Crippen molar-refractivity contribution >= 4 is 0 Å². The summed E-state index contributed by atoms with van der Waals surface area (Å²) in [7, 11) is 0. The number of hydrogen-bond acceptors (Lipinski definition) is 3. The van der Waals surface area contributed by atoms with Gasteiger partial charge in [0.05, 0.1) is 19.3 Å². The molecule has 1 atom stereocenters. The molecule has 0 saturated carbocycles. The van der Waals surface area contributed by atoms with Crippen LogP contribution in [0.2, 0.25) is 0 Å². The van der Waals surface area contributed by atoms with Gasteiger partial charge in [0.2, 0.25) is 0 Å². The molecule has 4 heteroatoms. The molecule has 120 valence electrons. The maximum absolute atomic E-state index is 13.4. The Morgan fingerprint density at radius 3 is 2.38 bits per heavy atom. The van der Waals surface area contributed by atoms with Crippen LogP contribution in [0.15, 0.2) is 24.3 Å². The lowest BCUT2D eigenvalue weighted by atomic mass is 9.90. The number of halogens is 1. The van der Waals surface area contributed by atoms with Crippen molar-refractivity contribution in [1.82, 2.24) is 5.32 Å². The van der Waals surface area contributed by atoms with Crippen LogP contribution in [0.3, 0.4) is 0 Å². The lowest BCUT2D eigenvalue weighted by Gasteiger charge is -2.33. The molecule has 3 nitrogen and oxygen atoms in total. The number of hydrogen-bond donors (Lipinski definition) is 2. The van der Waals surface area contributed by atoms with Gasteiger partial charge in [-0.05, 0) is 25.3 Å². The molecule has 0 heterocycles. The lowest BCUT2D eigenvalue weighted by molar-refractivity contribution is 0.0232. The molecular weight excluding hydrogens is 269 g/mol. The monoisotopic (exact) mass is 297 g/mol. The average Bonchev–Trinajstić information content (AvgIpc) is 2.51. The Morgan fingerprint density at radius 2 is 1.81 bits per heavy atom. The van der Waals surface area contributed by atoms with Gasteiger partial charge in [0.15, 0.2) is 0 Å². The Balaban J connectivity index is 2.31. The van der Waals surface area contributed by atoms with Gasteiger partial charge in [-0.1, -0.05) is 39.0 Å². The van der Waals surface area contributed by atoms with Gasteiger partial charge in [-0.15, -0.1) is 0 Å². The summed E-state index contributed by atoms with van der Waals surface area (Å²) in [5.41, 5.74) is 0.606. The smallest absolute Gasteiger partial charge is 0.128 e. The van der Waals surface area contributed by atoms with Crippen LogP contribution in [0.5, 0.6) is 0 Å². The number of rotatable bonds is 10. The third-order valence-corrected chi connectivity index (χ3v) is 4.27. The highest BCUT2D eigenvalue weighted by Gasteiger charge is 2.23. The van der Waals surface area contributed by atoms with E-state index in [4.69, 9.17) is 4.74 Å². The minimum absolute atomic E-state index is 0.0898. The molecule has 0 fully saturated rings. The third-order valence-electron chi connectivity index (χ3n) is 4.27. The Morgan fingerprint density at radius 1 is 1.19 bits per heavy atom. The standard InChI is InChI=1S/C17H28FNO2/c1-4-17(5-2,6-3)19-11-15(20)13-21-12-14-9-7-8-10-16(14)18/h7-10,15,19-20H,4-6,11-13H2,1-3H3.